The fraction of sp³-hybridized carbons (Fsp3) is 0.412. The van der Waals surface area contributed by atoms with Crippen LogP contribution in [0.1, 0.15) is 31.2 Å². The lowest BCUT2D eigenvalue weighted by atomic mass is 9.80. The number of halogens is 1. The van der Waals surface area contributed by atoms with Crippen molar-refractivity contribution in [1.82, 2.24) is 9.97 Å². The van der Waals surface area contributed by atoms with Gasteiger partial charge in [0.2, 0.25) is 5.95 Å². The number of hydrogen-bond acceptors (Lipinski definition) is 3. The lowest BCUT2D eigenvalue weighted by Gasteiger charge is -2.24. The maximum atomic E-state index is 13.4. The summed E-state index contributed by atoms with van der Waals surface area (Å²) in [6.07, 6.45) is 7.79. The van der Waals surface area contributed by atoms with E-state index in [0.29, 0.717) is 0 Å². The number of benzene rings is 1. The molecule has 2 aliphatic rings. The molecule has 3 nitrogen and oxygen atoms in total. The summed E-state index contributed by atoms with van der Waals surface area (Å²) in [6.45, 7) is -0.180. The highest BCUT2D eigenvalue weighted by atomic mass is 19.1. The van der Waals surface area contributed by atoms with Crippen molar-refractivity contribution in [2.45, 2.75) is 31.1 Å². The van der Waals surface area contributed by atoms with Gasteiger partial charge in [-0.1, -0.05) is 24.3 Å². The predicted octanol–water partition coefficient (Wildman–Crippen LogP) is 3.51. The number of nitrogens with zero attached hydrogens (tertiary/aromatic N) is 2. The van der Waals surface area contributed by atoms with Crippen molar-refractivity contribution >= 4 is 5.95 Å². The highest BCUT2D eigenvalue weighted by Crippen LogP contribution is 2.70. The van der Waals surface area contributed by atoms with Gasteiger partial charge in [0.15, 0.2) is 0 Å². The quantitative estimate of drug-likeness (QED) is 0.934. The molecule has 1 aromatic heterocycles. The molecule has 108 valence electrons. The molecule has 2 aliphatic carbocycles. The standard InChI is InChI=1S/C17H18FN3/c18-11-16(5-6-16)17(7-8-17)14-3-1-12(2-4-14)13-9-20-15(19)21-10-13/h1-4,9-10H,5-8,11H2,(H2,19,20,21). The van der Waals surface area contributed by atoms with Crippen molar-refractivity contribution in [3.8, 4) is 11.1 Å². The SMILES string of the molecule is Nc1ncc(-c2ccc(C3(C4(CF)CC4)CC3)cc2)cn1. The van der Waals surface area contributed by atoms with E-state index in [9.17, 15) is 4.39 Å². The number of rotatable bonds is 4. The first kappa shape index (κ1) is 12.7. The van der Waals surface area contributed by atoms with Crippen molar-refractivity contribution in [2.75, 3.05) is 12.4 Å². The molecule has 0 spiro atoms. The van der Waals surface area contributed by atoms with E-state index in [-0.39, 0.29) is 23.5 Å². The lowest BCUT2D eigenvalue weighted by Crippen LogP contribution is -2.23. The van der Waals surface area contributed by atoms with Gasteiger partial charge < -0.3 is 5.73 Å². The summed E-state index contributed by atoms with van der Waals surface area (Å²) in [5.41, 5.74) is 8.87. The minimum atomic E-state index is -0.180. The van der Waals surface area contributed by atoms with E-state index >= 15 is 0 Å². The Balaban J connectivity index is 1.64. The zero-order valence-electron chi connectivity index (χ0n) is 11.8. The Kier molecular flexibility index (Phi) is 2.59. The van der Waals surface area contributed by atoms with E-state index in [4.69, 9.17) is 5.73 Å². The van der Waals surface area contributed by atoms with E-state index < -0.39 is 0 Å². The molecule has 1 heterocycles. The van der Waals surface area contributed by atoms with Gasteiger partial charge in [0, 0.05) is 28.8 Å². The van der Waals surface area contributed by atoms with Gasteiger partial charge in [-0.15, -0.1) is 0 Å². The zero-order valence-corrected chi connectivity index (χ0v) is 11.8. The summed E-state index contributed by atoms with van der Waals surface area (Å²) in [4.78, 5) is 8.04. The third-order valence-electron chi connectivity index (χ3n) is 5.32. The van der Waals surface area contributed by atoms with Crippen LogP contribution in [-0.4, -0.2) is 16.6 Å². The number of hydrogen-bond donors (Lipinski definition) is 1. The Hall–Kier alpha value is -1.97. The molecular weight excluding hydrogens is 265 g/mol. The van der Waals surface area contributed by atoms with Crippen LogP contribution in [0.25, 0.3) is 11.1 Å². The molecule has 21 heavy (non-hydrogen) atoms. The molecule has 1 aromatic carbocycles. The van der Waals surface area contributed by atoms with Crippen molar-refractivity contribution in [2.24, 2.45) is 5.41 Å². The third kappa shape index (κ3) is 1.85. The van der Waals surface area contributed by atoms with Crippen LogP contribution in [0.5, 0.6) is 0 Å². The van der Waals surface area contributed by atoms with Gasteiger partial charge in [-0.2, -0.15) is 0 Å². The largest absolute Gasteiger partial charge is 0.368 e. The second kappa shape index (κ2) is 4.26. The zero-order chi connectivity index (χ0) is 14.5. The fourth-order valence-corrected chi connectivity index (χ4v) is 3.61. The van der Waals surface area contributed by atoms with Crippen LogP contribution < -0.4 is 5.73 Å². The average molecular weight is 283 g/mol. The third-order valence-corrected chi connectivity index (χ3v) is 5.32. The maximum Gasteiger partial charge on any atom is 0.219 e. The van der Waals surface area contributed by atoms with Crippen molar-refractivity contribution < 1.29 is 4.39 Å². The molecule has 0 bridgehead atoms. The van der Waals surface area contributed by atoms with Crippen molar-refractivity contribution in [3.63, 3.8) is 0 Å². The highest BCUT2D eigenvalue weighted by Gasteiger charge is 2.65. The van der Waals surface area contributed by atoms with Crippen LogP contribution in [-0.2, 0) is 5.41 Å². The first-order valence-corrected chi connectivity index (χ1v) is 7.44. The molecule has 0 radical (unpaired) electrons. The molecule has 0 saturated heterocycles. The second-order valence-corrected chi connectivity index (χ2v) is 6.40. The minimum absolute atomic E-state index is 0.0567. The number of nitrogen functional groups attached to an aromatic ring is 1. The highest BCUT2D eigenvalue weighted by molar-refractivity contribution is 5.62. The Labute approximate surface area is 123 Å². The summed E-state index contributed by atoms with van der Waals surface area (Å²) >= 11 is 0. The van der Waals surface area contributed by atoms with E-state index in [1.165, 1.54) is 5.56 Å². The Morgan fingerprint density at radius 1 is 0.952 bits per heavy atom. The monoisotopic (exact) mass is 283 g/mol. The predicted molar refractivity (Wildman–Crippen MR) is 80.4 cm³/mol. The van der Waals surface area contributed by atoms with Gasteiger partial charge in [-0.3, -0.25) is 4.39 Å². The van der Waals surface area contributed by atoms with Crippen LogP contribution in [0.15, 0.2) is 36.7 Å². The van der Waals surface area contributed by atoms with E-state index in [0.717, 1.165) is 36.8 Å². The lowest BCUT2D eigenvalue weighted by molar-refractivity contribution is 0.275. The number of alkyl halides is 1. The first-order chi connectivity index (χ1) is 10.2. The molecule has 0 atom stereocenters. The van der Waals surface area contributed by atoms with E-state index in [1.54, 1.807) is 12.4 Å². The normalized spacial score (nSPS) is 21.0. The molecule has 2 N–H and O–H groups in total. The van der Waals surface area contributed by atoms with Crippen molar-refractivity contribution in [1.29, 1.82) is 0 Å². The molecule has 2 saturated carbocycles. The molecule has 0 unspecified atom stereocenters. The summed E-state index contributed by atoms with van der Waals surface area (Å²) in [7, 11) is 0. The number of anilines is 1. The Morgan fingerprint density at radius 2 is 1.57 bits per heavy atom. The molecular formula is C17H18FN3. The smallest absolute Gasteiger partial charge is 0.219 e. The Bertz CT molecular complexity index is 655. The van der Waals surface area contributed by atoms with E-state index in [1.807, 2.05) is 0 Å². The molecule has 0 amide bonds. The van der Waals surface area contributed by atoms with Gasteiger partial charge in [-0.05, 0) is 36.8 Å². The molecule has 2 fully saturated rings. The van der Waals surface area contributed by atoms with Crippen LogP contribution >= 0.6 is 0 Å². The summed E-state index contributed by atoms with van der Waals surface area (Å²) in [5, 5.41) is 0. The summed E-state index contributed by atoms with van der Waals surface area (Å²) in [5.74, 6) is 0.283. The number of aromatic nitrogens is 2. The summed E-state index contributed by atoms with van der Waals surface area (Å²) in [6, 6.07) is 8.46. The first-order valence-electron chi connectivity index (χ1n) is 7.44. The molecule has 4 rings (SSSR count). The van der Waals surface area contributed by atoms with Gasteiger partial charge in [0.05, 0.1) is 6.67 Å². The van der Waals surface area contributed by atoms with Crippen LogP contribution in [0, 0.1) is 5.41 Å². The summed E-state index contributed by atoms with van der Waals surface area (Å²) < 4.78 is 13.4. The molecule has 0 aliphatic heterocycles. The van der Waals surface area contributed by atoms with Gasteiger partial charge >= 0.3 is 0 Å². The van der Waals surface area contributed by atoms with E-state index in [2.05, 4.69) is 34.2 Å². The van der Waals surface area contributed by atoms with Crippen LogP contribution in [0.2, 0.25) is 0 Å². The maximum absolute atomic E-state index is 13.4. The van der Waals surface area contributed by atoms with Crippen LogP contribution in [0.4, 0.5) is 10.3 Å². The average Bonchev–Trinajstić information content (AvgIpc) is 3.41. The Morgan fingerprint density at radius 3 is 2.05 bits per heavy atom. The second-order valence-electron chi connectivity index (χ2n) is 6.40. The van der Waals surface area contributed by atoms with Crippen LogP contribution in [0.3, 0.4) is 0 Å². The molecule has 4 heteroatoms. The topological polar surface area (TPSA) is 51.8 Å². The minimum Gasteiger partial charge on any atom is -0.368 e. The van der Waals surface area contributed by atoms with Gasteiger partial charge in [0.25, 0.3) is 0 Å². The van der Waals surface area contributed by atoms with Gasteiger partial charge in [-0.25, -0.2) is 9.97 Å². The van der Waals surface area contributed by atoms with Crippen molar-refractivity contribution in [3.05, 3.63) is 42.2 Å². The molecule has 2 aromatic rings. The number of nitrogens with two attached hydrogens (primary N) is 1. The van der Waals surface area contributed by atoms with Gasteiger partial charge in [0.1, 0.15) is 0 Å². The fourth-order valence-electron chi connectivity index (χ4n) is 3.61.